The fraction of sp³-hybridized carbons (Fsp3) is 0.810. The van der Waals surface area contributed by atoms with Gasteiger partial charge in [-0.2, -0.15) is 0 Å². The summed E-state index contributed by atoms with van der Waals surface area (Å²) in [6, 6.07) is 0. The van der Waals surface area contributed by atoms with Crippen LogP contribution in [0.2, 0.25) is 0 Å². The Hall–Kier alpha value is -0.560. The largest absolute Gasteiger partial charge is 0.320 e. The zero-order chi connectivity index (χ0) is 16.5. The number of unbranched alkanes of at least 4 members (excludes halogenated alkanes) is 11. The highest BCUT2D eigenvalue weighted by Gasteiger charge is 2.16. The third-order valence-corrected chi connectivity index (χ3v) is 4.69. The maximum atomic E-state index is 3.89. The Labute approximate surface area is 141 Å². The van der Waals surface area contributed by atoms with Crippen LogP contribution in [0.25, 0.3) is 0 Å². The summed E-state index contributed by atoms with van der Waals surface area (Å²) in [5, 5.41) is 0. The zero-order valence-corrected chi connectivity index (χ0v) is 15.6. The molecule has 0 rings (SSSR count). The van der Waals surface area contributed by atoms with Crippen molar-refractivity contribution in [3.8, 4) is 0 Å². The molecule has 0 heterocycles. The standard InChI is InChI=1S/C21H42N/c1-5-8-9-10-11-12-13-14-15-16-17-18-21-22(4,19-6-2)20-7-3/h6-7H,2-3,5,8-21H2,1,4H3/q+1. The molecule has 1 nitrogen and oxygen atoms in total. The van der Waals surface area contributed by atoms with Crippen molar-refractivity contribution in [2.24, 2.45) is 0 Å². The van der Waals surface area contributed by atoms with Gasteiger partial charge in [-0.1, -0.05) is 84.3 Å². The van der Waals surface area contributed by atoms with Crippen LogP contribution in [0, 0.1) is 0 Å². The third kappa shape index (κ3) is 13.1. The Bertz CT molecular complexity index is 247. The van der Waals surface area contributed by atoms with Gasteiger partial charge in [0.2, 0.25) is 0 Å². The number of likely N-dealkylation sites (N-methyl/N-ethyl adjacent to an activating group) is 1. The van der Waals surface area contributed by atoms with Crippen LogP contribution in [-0.4, -0.2) is 31.2 Å². The summed E-state index contributed by atoms with van der Waals surface area (Å²) in [4.78, 5) is 0. The van der Waals surface area contributed by atoms with E-state index < -0.39 is 0 Å². The van der Waals surface area contributed by atoms with E-state index in [2.05, 4.69) is 27.1 Å². The van der Waals surface area contributed by atoms with E-state index in [0.717, 1.165) is 17.6 Å². The summed E-state index contributed by atoms with van der Waals surface area (Å²) >= 11 is 0. The average Bonchev–Trinajstić information content (AvgIpc) is 2.49. The number of hydrogen-bond acceptors (Lipinski definition) is 0. The Morgan fingerprint density at radius 2 is 1.00 bits per heavy atom. The van der Waals surface area contributed by atoms with E-state index in [-0.39, 0.29) is 0 Å². The number of nitrogens with zero attached hydrogens (tertiary/aromatic N) is 1. The molecule has 130 valence electrons. The van der Waals surface area contributed by atoms with Gasteiger partial charge in [-0.15, -0.1) is 0 Å². The van der Waals surface area contributed by atoms with Crippen LogP contribution in [0.3, 0.4) is 0 Å². The van der Waals surface area contributed by atoms with Crippen LogP contribution in [0.4, 0.5) is 0 Å². The molecule has 0 fully saturated rings. The first-order valence-electron chi connectivity index (χ1n) is 9.74. The van der Waals surface area contributed by atoms with E-state index in [4.69, 9.17) is 0 Å². The predicted molar refractivity (Wildman–Crippen MR) is 102 cm³/mol. The Balaban J connectivity index is 3.38. The molecule has 0 aliphatic carbocycles. The van der Waals surface area contributed by atoms with Crippen molar-refractivity contribution in [2.75, 3.05) is 26.7 Å². The van der Waals surface area contributed by atoms with Crippen molar-refractivity contribution in [2.45, 2.75) is 84.0 Å². The lowest BCUT2D eigenvalue weighted by atomic mass is 10.1. The van der Waals surface area contributed by atoms with Gasteiger partial charge in [0, 0.05) is 0 Å². The van der Waals surface area contributed by atoms with Crippen molar-refractivity contribution in [1.29, 1.82) is 0 Å². The normalized spacial score (nSPS) is 11.5. The van der Waals surface area contributed by atoms with Gasteiger partial charge in [-0.25, -0.2) is 0 Å². The van der Waals surface area contributed by atoms with Gasteiger partial charge >= 0.3 is 0 Å². The first kappa shape index (κ1) is 21.4. The summed E-state index contributed by atoms with van der Waals surface area (Å²) < 4.78 is 1.07. The number of hydrogen-bond donors (Lipinski definition) is 0. The topological polar surface area (TPSA) is 0 Å². The van der Waals surface area contributed by atoms with Crippen LogP contribution in [-0.2, 0) is 0 Å². The second-order valence-corrected chi connectivity index (χ2v) is 7.17. The fourth-order valence-corrected chi connectivity index (χ4v) is 3.21. The smallest absolute Gasteiger partial charge is 0.0971 e. The highest BCUT2D eigenvalue weighted by Crippen LogP contribution is 2.13. The number of rotatable bonds is 17. The minimum absolute atomic E-state index is 1.06. The van der Waals surface area contributed by atoms with Crippen LogP contribution < -0.4 is 0 Å². The van der Waals surface area contributed by atoms with Gasteiger partial charge in [0.15, 0.2) is 0 Å². The summed E-state index contributed by atoms with van der Waals surface area (Å²) in [5.74, 6) is 0. The highest BCUT2D eigenvalue weighted by molar-refractivity contribution is 4.71. The van der Waals surface area contributed by atoms with E-state index in [0.29, 0.717) is 0 Å². The molecule has 0 radical (unpaired) electrons. The van der Waals surface area contributed by atoms with Crippen LogP contribution in [0.15, 0.2) is 25.3 Å². The average molecular weight is 309 g/mol. The Kier molecular flexibility index (Phi) is 14.9. The summed E-state index contributed by atoms with van der Waals surface area (Å²) in [6.45, 7) is 13.4. The Morgan fingerprint density at radius 3 is 1.36 bits per heavy atom. The van der Waals surface area contributed by atoms with E-state index in [1.165, 1.54) is 83.6 Å². The molecule has 0 aromatic carbocycles. The minimum Gasteiger partial charge on any atom is -0.320 e. The van der Waals surface area contributed by atoms with E-state index >= 15 is 0 Å². The SMILES string of the molecule is C=CC[N+](C)(CC=C)CCCCCCCCCCCCCC. The zero-order valence-electron chi connectivity index (χ0n) is 15.6. The molecule has 0 aromatic rings. The van der Waals surface area contributed by atoms with Gasteiger partial charge in [-0.3, -0.25) is 0 Å². The molecule has 0 saturated heterocycles. The lowest BCUT2D eigenvalue weighted by molar-refractivity contribution is -0.898. The second-order valence-electron chi connectivity index (χ2n) is 7.17. The van der Waals surface area contributed by atoms with Crippen molar-refractivity contribution in [1.82, 2.24) is 0 Å². The molecular weight excluding hydrogens is 266 g/mol. The van der Waals surface area contributed by atoms with Crippen molar-refractivity contribution in [3.63, 3.8) is 0 Å². The van der Waals surface area contributed by atoms with Gasteiger partial charge in [0.05, 0.1) is 26.7 Å². The van der Waals surface area contributed by atoms with Gasteiger partial charge in [-0.05, 0) is 25.0 Å². The molecule has 0 aliphatic rings. The molecule has 0 saturated carbocycles. The molecule has 0 amide bonds. The highest BCUT2D eigenvalue weighted by atomic mass is 15.3. The summed E-state index contributed by atoms with van der Waals surface area (Å²) in [5.41, 5.74) is 0. The van der Waals surface area contributed by atoms with Gasteiger partial charge in [0.1, 0.15) is 0 Å². The lowest BCUT2D eigenvalue weighted by Gasteiger charge is -2.32. The van der Waals surface area contributed by atoms with Gasteiger partial charge in [0.25, 0.3) is 0 Å². The lowest BCUT2D eigenvalue weighted by Crippen LogP contribution is -2.44. The monoisotopic (exact) mass is 308 g/mol. The van der Waals surface area contributed by atoms with Gasteiger partial charge < -0.3 is 4.48 Å². The van der Waals surface area contributed by atoms with Crippen LogP contribution in [0.5, 0.6) is 0 Å². The second kappa shape index (κ2) is 15.3. The molecule has 0 N–H and O–H groups in total. The molecule has 1 heteroatoms. The van der Waals surface area contributed by atoms with E-state index in [1.54, 1.807) is 0 Å². The molecule has 0 aliphatic heterocycles. The molecule has 0 aromatic heterocycles. The van der Waals surface area contributed by atoms with E-state index in [1.807, 2.05) is 12.2 Å². The first-order chi connectivity index (χ1) is 10.7. The molecule has 22 heavy (non-hydrogen) atoms. The fourth-order valence-electron chi connectivity index (χ4n) is 3.21. The maximum Gasteiger partial charge on any atom is 0.0971 e. The quantitative estimate of drug-likeness (QED) is 0.163. The van der Waals surface area contributed by atoms with Crippen molar-refractivity contribution < 1.29 is 4.48 Å². The predicted octanol–water partition coefficient (Wildman–Crippen LogP) is 6.51. The molecule has 0 spiro atoms. The van der Waals surface area contributed by atoms with E-state index in [9.17, 15) is 0 Å². The summed E-state index contributed by atoms with van der Waals surface area (Å²) in [6.07, 6.45) is 21.2. The summed E-state index contributed by atoms with van der Waals surface area (Å²) in [7, 11) is 2.32. The van der Waals surface area contributed by atoms with Crippen LogP contribution >= 0.6 is 0 Å². The number of quaternary nitrogens is 1. The van der Waals surface area contributed by atoms with Crippen molar-refractivity contribution >= 4 is 0 Å². The molecule has 0 unspecified atom stereocenters. The Morgan fingerprint density at radius 1 is 0.636 bits per heavy atom. The van der Waals surface area contributed by atoms with Crippen molar-refractivity contribution in [3.05, 3.63) is 25.3 Å². The molecular formula is C21H42N+. The molecule has 0 atom stereocenters. The minimum atomic E-state index is 1.06. The molecule has 0 bridgehead atoms. The third-order valence-electron chi connectivity index (χ3n) is 4.69. The first-order valence-corrected chi connectivity index (χ1v) is 9.74. The maximum absolute atomic E-state index is 3.89. The van der Waals surface area contributed by atoms with Crippen LogP contribution in [0.1, 0.15) is 84.0 Å².